The third-order valence-corrected chi connectivity index (χ3v) is 3.92. The SMILES string of the molecule is O=C(CCCc1ccc(Cl)cc1)NCc1cn2ccccc2n1. The fraction of sp³-hybridized carbons (Fsp3) is 0.222. The number of carbonyl (C=O) groups excluding carboxylic acids is 1. The Morgan fingerprint density at radius 3 is 2.78 bits per heavy atom. The fourth-order valence-electron chi connectivity index (χ4n) is 2.45. The normalized spacial score (nSPS) is 10.8. The van der Waals surface area contributed by atoms with Gasteiger partial charge in [0.2, 0.25) is 5.91 Å². The number of carbonyl (C=O) groups is 1. The summed E-state index contributed by atoms with van der Waals surface area (Å²) in [4.78, 5) is 16.4. The number of pyridine rings is 1. The summed E-state index contributed by atoms with van der Waals surface area (Å²) >= 11 is 5.85. The largest absolute Gasteiger partial charge is 0.350 e. The lowest BCUT2D eigenvalue weighted by molar-refractivity contribution is -0.121. The van der Waals surface area contributed by atoms with Gasteiger partial charge in [-0.3, -0.25) is 4.79 Å². The Balaban J connectivity index is 1.43. The van der Waals surface area contributed by atoms with Crippen molar-refractivity contribution >= 4 is 23.2 Å². The van der Waals surface area contributed by atoms with Gasteiger partial charge in [-0.05, 0) is 42.7 Å². The molecule has 0 fully saturated rings. The van der Waals surface area contributed by atoms with Crippen molar-refractivity contribution in [3.8, 4) is 0 Å². The van der Waals surface area contributed by atoms with Gasteiger partial charge in [0.05, 0.1) is 12.2 Å². The van der Waals surface area contributed by atoms with E-state index in [9.17, 15) is 4.79 Å². The van der Waals surface area contributed by atoms with Crippen LogP contribution in [0.25, 0.3) is 5.65 Å². The molecule has 5 heteroatoms. The van der Waals surface area contributed by atoms with Crippen molar-refractivity contribution in [2.45, 2.75) is 25.8 Å². The van der Waals surface area contributed by atoms with E-state index >= 15 is 0 Å². The first-order valence-corrected chi connectivity index (χ1v) is 8.02. The maximum absolute atomic E-state index is 11.9. The van der Waals surface area contributed by atoms with Gasteiger partial charge < -0.3 is 9.72 Å². The number of benzene rings is 1. The Labute approximate surface area is 140 Å². The van der Waals surface area contributed by atoms with E-state index < -0.39 is 0 Å². The monoisotopic (exact) mass is 327 g/mol. The van der Waals surface area contributed by atoms with Crippen molar-refractivity contribution < 1.29 is 4.79 Å². The van der Waals surface area contributed by atoms with Crippen LogP contribution < -0.4 is 5.32 Å². The molecule has 4 nitrogen and oxygen atoms in total. The lowest BCUT2D eigenvalue weighted by Gasteiger charge is -2.04. The summed E-state index contributed by atoms with van der Waals surface area (Å²) in [7, 11) is 0. The molecule has 23 heavy (non-hydrogen) atoms. The molecule has 0 aliphatic heterocycles. The third kappa shape index (κ3) is 4.33. The van der Waals surface area contributed by atoms with Crippen LogP contribution in [0.15, 0.2) is 54.9 Å². The van der Waals surface area contributed by atoms with Gasteiger partial charge >= 0.3 is 0 Å². The van der Waals surface area contributed by atoms with E-state index in [1.165, 1.54) is 5.56 Å². The first-order chi connectivity index (χ1) is 11.2. The van der Waals surface area contributed by atoms with Crippen LogP contribution in [0.5, 0.6) is 0 Å². The third-order valence-electron chi connectivity index (χ3n) is 3.66. The number of rotatable bonds is 6. The molecule has 0 aliphatic carbocycles. The molecule has 1 amide bonds. The maximum atomic E-state index is 11.9. The van der Waals surface area contributed by atoms with Gasteiger partial charge in [0.1, 0.15) is 5.65 Å². The second-order valence-corrected chi connectivity index (χ2v) is 5.89. The van der Waals surface area contributed by atoms with Crippen LogP contribution in [0.3, 0.4) is 0 Å². The van der Waals surface area contributed by atoms with Crippen LogP contribution in [0.1, 0.15) is 24.1 Å². The summed E-state index contributed by atoms with van der Waals surface area (Å²) < 4.78 is 1.95. The zero-order valence-corrected chi connectivity index (χ0v) is 13.5. The first kappa shape index (κ1) is 15.6. The van der Waals surface area contributed by atoms with E-state index in [0.29, 0.717) is 13.0 Å². The molecule has 0 saturated heterocycles. The average Bonchev–Trinajstić information content (AvgIpc) is 2.98. The highest BCUT2D eigenvalue weighted by Crippen LogP contribution is 2.11. The molecule has 0 bridgehead atoms. The van der Waals surface area contributed by atoms with Gasteiger partial charge in [0, 0.05) is 23.8 Å². The van der Waals surface area contributed by atoms with Crippen molar-refractivity contribution in [1.82, 2.24) is 14.7 Å². The van der Waals surface area contributed by atoms with Crippen molar-refractivity contribution in [3.05, 3.63) is 71.1 Å². The predicted octanol–water partition coefficient (Wildman–Crippen LogP) is 3.63. The number of fused-ring (bicyclic) bond motifs is 1. The number of hydrogen-bond acceptors (Lipinski definition) is 2. The van der Waals surface area contributed by atoms with E-state index in [1.54, 1.807) is 0 Å². The number of aromatic nitrogens is 2. The van der Waals surface area contributed by atoms with Gasteiger partial charge in [-0.15, -0.1) is 0 Å². The van der Waals surface area contributed by atoms with Gasteiger partial charge in [0.25, 0.3) is 0 Å². The number of nitrogens with one attached hydrogen (secondary N) is 1. The summed E-state index contributed by atoms with van der Waals surface area (Å²) in [6.45, 7) is 0.460. The molecule has 2 heterocycles. The molecule has 2 aromatic heterocycles. The Bertz CT molecular complexity index is 762. The molecular weight excluding hydrogens is 310 g/mol. The van der Waals surface area contributed by atoms with Crippen LogP contribution in [0.2, 0.25) is 5.02 Å². The van der Waals surface area contributed by atoms with Crippen LogP contribution in [0, 0.1) is 0 Å². The molecule has 0 atom stereocenters. The molecule has 1 N–H and O–H groups in total. The topological polar surface area (TPSA) is 46.4 Å². The molecule has 3 rings (SSSR count). The van der Waals surface area contributed by atoms with E-state index in [4.69, 9.17) is 11.6 Å². The predicted molar refractivity (Wildman–Crippen MR) is 91.4 cm³/mol. The zero-order chi connectivity index (χ0) is 16.1. The Kier molecular flexibility index (Phi) is 4.93. The number of halogens is 1. The second kappa shape index (κ2) is 7.29. The average molecular weight is 328 g/mol. The zero-order valence-electron chi connectivity index (χ0n) is 12.7. The van der Waals surface area contributed by atoms with Crippen LogP contribution in [-0.2, 0) is 17.8 Å². The Morgan fingerprint density at radius 2 is 2.00 bits per heavy atom. The summed E-state index contributed by atoms with van der Waals surface area (Å²) in [5, 5.41) is 3.65. The Morgan fingerprint density at radius 1 is 1.17 bits per heavy atom. The van der Waals surface area contributed by atoms with Gasteiger partial charge in [0.15, 0.2) is 0 Å². The van der Waals surface area contributed by atoms with Crippen molar-refractivity contribution in [2.75, 3.05) is 0 Å². The molecule has 118 valence electrons. The molecule has 1 aromatic carbocycles. The van der Waals surface area contributed by atoms with Crippen LogP contribution in [0.4, 0.5) is 0 Å². The van der Waals surface area contributed by atoms with E-state index in [0.717, 1.165) is 29.2 Å². The highest BCUT2D eigenvalue weighted by atomic mass is 35.5. The molecule has 0 saturated carbocycles. The smallest absolute Gasteiger partial charge is 0.220 e. The molecular formula is C18H18ClN3O. The molecule has 0 radical (unpaired) electrons. The lowest BCUT2D eigenvalue weighted by Crippen LogP contribution is -2.22. The van der Waals surface area contributed by atoms with Gasteiger partial charge in [-0.2, -0.15) is 0 Å². The summed E-state index contributed by atoms with van der Waals surface area (Å²) in [5.41, 5.74) is 2.95. The fourth-order valence-corrected chi connectivity index (χ4v) is 2.58. The van der Waals surface area contributed by atoms with E-state index in [-0.39, 0.29) is 5.91 Å². The number of imidazole rings is 1. The number of hydrogen-bond donors (Lipinski definition) is 1. The lowest BCUT2D eigenvalue weighted by atomic mass is 10.1. The maximum Gasteiger partial charge on any atom is 0.220 e. The molecule has 3 aromatic rings. The Hall–Kier alpha value is -2.33. The first-order valence-electron chi connectivity index (χ1n) is 7.64. The molecule has 0 aliphatic rings. The van der Waals surface area contributed by atoms with Crippen LogP contribution in [-0.4, -0.2) is 15.3 Å². The highest BCUT2D eigenvalue weighted by molar-refractivity contribution is 6.30. The minimum Gasteiger partial charge on any atom is -0.350 e. The number of nitrogens with zero attached hydrogens (tertiary/aromatic N) is 2. The van der Waals surface area contributed by atoms with E-state index in [1.807, 2.05) is 59.3 Å². The molecule has 0 unspecified atom stereocenters. The summed E-state index contributed by atoms with van der Waals surface area (Å²) in [6, 6.07) is 13.6. The minimum absolute atomic E-state index is 0.0519. The van der Waals surface area contributed by atoms with Crippen molar-refractivity contribution in [2.24, 2.45) is 0 Å². The van der Waals surface area contributed by atoms with Crippen molar-refractivity contribution in [3.63, 3.8) is 0 Å². The number of amides is 1. The van der Waals surface area contributed by atoms with Crippen molar-refractivity contribution in [1.29, 1.82) is 0 Å². The highest BCUT2D eigenvalue weighted by Gasteiger charge is 2.05. The quantitative estimate of drug-likeness (QED) is 0.751. The van der Waals surface area contributed by atoms with E-state index in [2.05, 4.69) is 10.3 Å². The van der Waals surface area contributed by atoms with Crippen LogP contribution >= 0.6 is 11.6 Å². The molecule has 0 spiro atoms. The number of aryl methyl sites for hydroxylation is 1. The summed E-state index contributed by atoms with van der Waals surface area (Å²) in [5.74, 6) is 0.0519. The summed E-state index contributed by atoms with van der Waals surface area (Å²) in [6.07, 6.45) is 6.08. The minimum atomic E-state index is 0.0519. The second-order valence-electron chi connectivity index (χ2n) is 5.46. The standard InChI is InChI=1S/C18H18ClN3O/c19-15-9-7-14(8-10-15)4-3-6-18(23)20-12-16-13-22-11-2-1-5-17(22)21-16/h1-2,5,7-11,13H,3-4,6,12H2,(H,20,23). The van der Waals surface area contributed by atoms with Gasteiger partial charge in [-0.1, -0.05) is 29.8 Å². The van der Waals surface area contributed by atoms with Gasteiger partial charge in [-0.25, -0.2) is 4.98 Å².